The minimum Gasteiger partial charge on any atom is -0.373 e. The molecule has 0 unspecified atom stereocenters. The highest BCUT2D eigenvalue weighted by Crippen LogP contribution is 2.27. The number of hydrogen-bond donors (Lipinski definition) is 1. The smallest absolute Gasteiger partial charge is 0.129 e. The predicted molar refractivity (Wildman–Crippen MR) is 86.7 cm³/mol. The Balaban J connectivity index is 2.01. The van der Waals surface area contributed by atoms with Crippen molar-refractivity contribution in [2.45, 2.75) is 32.6 Å². The summed E-state index contributed by atoms with van der Waals surface area (Å²) in [6.45, 7) is 4.56. The lowest BCUT2D eigenvalue weighted by Crippen LogP contribution is -2.29. The molecule has 0 amide bonds. The summed E-state index contributed by atoms with van der Waals surface area (Å²) in [5.74, 6) is 1.01. The van der Waals surface area contributed by atoms with Crippen LogP contribution in [0, 0.1) is 0 Å². The molecule has 0 saturated carbocycles. The van der Waals surface area contributed by atoms with Crippen molar-refractivity contribution in [3.8, 4) is 0 Å². The van der Waals surface area contributed by atoms with Crippen molar-refractivity contribution in [3.63, 3.8) is 0 Å². The van der Waals surface area contributed by atoms with Gasteiger partial charge in [0.25, 0.3) is 0 Å². The van der Waals surface area contributed by atoms with Crippen molar-refractivity contribution in [2.75, 3.05) is 30.4 Å². The van der Waals surface area contributed by atoms with E-state index < -0.39 is 0 Å². The molecule has 0 atom stereocenters. The molecule has 0 spiro atoms. The van der Waals surface area contributed by atoms with Crippen LogP contribution >= 0.6 is 0 Å². The molecular weight excluding hydrogens is 246 g/mol. The highest BCUT2D eigenvalue weighted by Gasteiger charge is 2.12. The number of anilines is 2. The van der Waals surface area contributed by atoms with Gasteiger partial charge in [0.2, 0.25) is 0 Å². The maximum absolute atomic E-state index is 4.72. The first-order chi connectivity index (χ1) is 9.81. The second-order valence-electron chi connectivity index (χ2n) is 5.52. The van der Waals surface area contributed by atoms with E-state index in [1.165, 1.54) is 49.0 Å². The average Bonchev–Trinajstić information content (AvgIpc) is 2.53. The zero-order valence-corrected chi connectivity index (χ0v) is 12.4. The Morgan fingerprint density at radius 2 is 1.95 bits per heavy atom. The maximum atomic E-state index is 4.72. The van der Waals surface area contributed by atoms with E-state index in [1.54, 1.807) is 0 Å². The van der Waals surface area contributed by atoms with Crippen molar-refractivity contribution in [3.05, 3.63) is 29.8 Å². The summed E-state index contributed by atoms with van der Waals surface area (Å²) in [7, 11) is 1.94. The van der Waals surface area contributed by atoms with Gasteiger partial charge in [-0.1, -0.05) is 6.92 Å². The van der Waals surface area contributed by atoms with Gasteiger partial charge in [-0.05, 0) is 55.5 Å². The maximum Gasteiger partial charge on any atom is 0.129 e. The Hall–Kier alpha value is -1.77. The lowest BCUT2D eigenvalue weighted by molar-refractivity contribution is 0.578. The molecule has 106 valence electrons. The minimum atomic E-state index is 1.01. The number of rotatable bonds is 3. The minimum absolute atomic E-state index is 1.01. The van der Waals surface area contributed by atoms with Crippen LogP contribution in [0.3, 0.4) is 0 Å². The number of fused-ring (bicyclic) bond motifs is 1. The summed E-state index contributed by atoms with van der Waals surface area (Å²) >= 11 is 0. The molecule has 1 N–H and O–H groups in total. The number of benzene rings is 1. The van der Waals surface area contributed by atoms with Crippen LogP contribution in [0.1, 0.15) is 31.7 Å². The molecule has 1 aliphatic heterocycles. The van der Waals surface area contributed by atoms with Gasteiger partial charge in [0.1, 0.15) is 5.82 Å². The van der Waals surface area contributed by atoms with E-state index >= 15 is 0 Å². The quantitative estimate of drug-likeness (QED) is 0.918. The van der Waals surface area contributed by atoms with Gasteiger partial charge < -0.3 is 10.2 Å². The summed E-state index contributed by atoms with van der Waals surface area (Å²) in [5.41, 5.74) is 3.71. The molecule has 3 heteroatoms. The van der Waals surface area contributed by atoms with E-state index in [2.05, 4.69) is 41.4 Å². The molecule has 0 radical (unpaired) electrons. The predicted octanol–water partition coefficient (Wildman–Crippen LogP) is 3.83. The van der Waals surface area contributed by atoms with Crippen molar-refractivity contribution in [2.24, 2.45) is 0 Å². The third-order valence-corrected chi connectivity index (χ3v) is 4.22. The molecule has 1 fully saturated rings. The molecule has 1 aromatic carbocycles. The van der Waals surface area contributed by atoms with Gasteiger partial charge in [0.05, 0.1) is 5.52 Å². The average molecular weight is 269 g/mol. The third kappa shape index (κ3) is 2.45. The standard InChI is InChI=1S/C17H23N3/c1-3-13-11-14-12-15(20-9-5-4-6-10-20)7-8-16(14)19-17(13)18-2/h7-8,11-12H,3-6,9-10H2,1-2H3,(H,18,19). The molecule has 2 aromatic rings. The van der Waals surface area contributed by atoms with Crippen LogP contribution in [0.5, 0.6) is 0 Å². The Kier molecular flexibility index (Phi) is 3.77. The van der Waals surface area contributed by atoms with Gasteiger partial charge in [-0.15, -0.1) is 0 Å². The zero-order chi connectivity index (χ0) is 13.9. The van der Waals surface area contributed by atoms with Crippen LogP contribution in [-0.2, 0) is 6.42 Å². The number of nitrogens with zero attached hydrogens (tertiary/aromatic N) is 2. The van der Waals surface area contributed by atoms with E-state index in [-0.39, 0.29) is 0 Å². The Morgan fingerprint density at radius 3 is 2.65 bits per heavy atom. The Labute approximate surface area is 121 Å². The number of aromatic nitrogens is 1. The summed E-state index contributed by atoms with van der Waals surface area (Å²) < 4.78 is 0. The van der Waals surface area contributed by atoms with E-state index in [1.807, 2.05) is 7.05 Å². The fourth-order valence-corrected chi connectivity index (χ4v) is 3.04. The van der Waals surface area contributed by atoms with E-state index in [0.717, 1.165) is 17.8 Å². The molecule has 2 heterocycles. The molecule has 0 aliphatic carbocycles. The Morgan fingerprint density at radius 1 is 1.15 bits per heavy atom. The van der Waals surface area contributed by atoms with Gasteiger partial charge in [0.15, 0.2) is 0 Å². The normalized spacial score (nSPS) is 15.6. The molecule has 3 nitrogen and oxygen atoms in total. The van der Waals surface area contributed by atoms with Crippen molar-refractivity contribution in [1.29, 1.82) is 0 Å². The highest BCUT2D eigenvalue weighted by atomic mass is 15.1. The van der Waals surface area contributed by atoms with Gasteiger partial charge >= 0.3 is 0 Å². The van der Waals surface area contributed by atoms with Gasteiger partial charge in [-0.25, -0.2) is 4.98 Å². The second-order valence-corrected chi connectivity index (χ2v) is 5.52. The molecule has 0 bridgehead atoms. The van der Waals surface area contributed by atoms with Crippen LogP contribution in [0.4, 0.5) is 11.5 Å². The number of piperidine rings is 1. The largest absolute Gasteiger partial charge is 0.373 e. The van der Waals surface area contributed by atoms with E-state index in [0.29, 0.717) is 0 Å². The summed E-state index contributed by atoms with van der Waals surface area (Å²) in [4.78, 5) is 7.22. The molecule has 1 saturated heterocycles. The number of hydrogen-bond acceptors (Lipinski definition) is 3. The third-order valence-electron chi connectivity index (χ3n) is 4.22. The van der Waals surface area contributed by atoms with Crippen molar-refractivity contribution >= 4 is 22.4 Å². The summed E-state index contributed by atoms with van der Waals surface area (Å²) in [6, 6.07) is 8.94. The SMILES string of the molecule is CCc1cc2cc(N3CCCCC3)ccc2nc1NC. The molecule has 3 rings (SSSR count). The first-order valence-corrected chi connectivity index (χ1v) is 7.68. The first kappa shape index (κ1) is 13.2. The lowest BCUT2D eigenvalue weighted by Gasteiger charge is -2.29. The fourth-order valence-electron chi connectivity index (χ4n) is 3.04. The van der Waals surface area contributed by atoms with Crippen LogP contribution < -0.4 is 10.2 Å². The van der Waals surface area contributed by atoms with Crippen LogP contribution in [0.15, 0.2) is 24.3 Å². The Bertz CT molecular complexity index is 600. The number of aryl methyl sites for hydroxylation is 1. The van der Waals surface area contributed by atoms with Crippen LogP contribution in [0.25, 0.3) is 10.9 Å². The zero-order valence-electron chi connectivity index (χ0n) is 12.4. The second kappa shape index (κ2) is 5.70. The van der Waals surface area contributed by atoms with Crippen LogP contribution in [-0.4, -0.2) is 25.1 Å². The molecule has 1 aliphatic rings. The summed E-state index contributed by atoms with van der Waals surface area (Å²) in [6.07, 6.45) is 5.01. The number of pyridine rings is 1. The van der Waals surface area contributed by atoms with Gasteiger partial charge in [0, 0.05) is 31.2 Å². The van der Waals surface area contributed by atoms with Gasteiger partial charge in [-0.3, -0.25) is 0 Å². The molecular formula is C17H23N3. The molecule has 1 aromatic heterocycles. The van der Waals surface area contributed by atoms with Crippen molar-refractivity contribution in [1.82, 2.24) is 4.98 Å². The van der Waals surface area contributed by atoms with Gasteiger partial charge in [-0.2, -0.15) is 0 Å². The van der Waals surface area contributed by atoms with E-state index in [9.17, 15) is 0 Å². The summed E-state index contributed by atoms with van der Waals surface area (Å²) in [5, 5.41) is 4.45. The van der Waals surface area contributed by atoms with Crippen LogP contribution in [0.2, 0.25) is 0 Å². The fraction of sp³-hybridized carbons (Fsp3) is 0.471. The topological polar surface area (TPSA) is 28.2 Å². The molecule has 20 heavy (non-hydrogen) atoms. The van der Waals surface area contributed by atoms with Crippen molar-refractivity contribution < 1.29 is 0 Å². The van der Waals surface area contributed by atoms with E-state index in [4.69, 9.17) is 4.98 Å². The monoisotopic (exact) mass is 269 g/mol. The first-order valence-electron chi connectivity index (χ1n) is 7.68. The highest BCUT2D eigenvalue weighted by molar-refractivity contribution is 5.85. The number of nitrogens with one attached hydrogen (secondary N) is 1. The lowest BCUT2D eigenvalue weighted by atomic mass is 10.1.